The van der Waals surface area contributed by atoms with E-state index in [1.807, 2.05) is 0 Å². The standard InChI is InChI=1S/C21H18F4N4OS2/c22-16-9-12(1-2-15(16)17-10-28-19(26)11-27-17)14-3-4-18(21(23,24)25)29-20(14)32(30)13-5-7-31-8-6-13/h1-4,9-11,13H,5-8H2,(H2,26,28). The number of rotatable bonds is 4. The average molecular weight is 483 g/mol. The van der Waals surface area contributed by atoms with Gasteiger partial charge in [0.2, 0.25) is 0 Å². The van der Waals surface area contributed by atoms with E-state index in [-0.39, 0.29) is 38.5 Å². The molecule has 0 saturated carbocycles. The molecule has 0 bridgehead atoms. The normalized spacial score (nSPS) is 16.1. The van der Waals surface area contributed by atoms with Crippen LogP contribution < -0.4 is 5.73 Å². The summed E-state index contributed by atoms with van der Waals surface area (Å²) in [6, 6.07) is 6.20. The number of hydrogen-bond donors (Lipinski definition) is 1. The summed E-state index contributed by atoms with van der Waals surface area (Å²) in [6.45, 7) is 0. The fourth-order valence-electron chi connectivity index (χ4n) is 3.39. The average Bonchev–Trinajstić information content (AvgIpc) is 2.79. The summed E-state index contributed by atoms with van der Waals surface area (Å²) in [6.07, 6.45) is -0.806. The Kier molecular flexibility index (Phi) is 6.47. The van der Waals surface area contributed by atoms with Crippen LogP contribution >= 0.6 is 11.8 Å². The van der Waals surface area contributed by atoms with E-state index >= 15 is 0 Å². The molecule has 1 unspecified atom stereocenters. The topological polar surface area (TPSA) is 81.8 Å². The van der Waals surface area contributed by atoms with Gasteiger partial charge in [0.05, 0.1) is 28.9 Å². The molecule has 1 aromatic carbocycles. The first-order chi connectivity index (χ1) is 15.2. The first-order valence-corrected chi connectivity index (χ1v) is 12.0. The minimum Gasteiger partial charge on any atom is -0.382 e. The molecule has 0 spiro atoms. The Morgan fingerprint density at radius 2 is 1.75 bits per heavy atom. The monoisotopic (exact) mass is 482 g/mol. The van der Waals surface area contributed by atoms with Gasteiger partial charge in [-0.2, -0.15) is 24.9 Å². The SMILES string of the molecule is Nc1cnc(-c2ccc(-c3ccc(C(F)(F)F)nc3S(=O)C3CCSCC3)cc2F)cn1. The Morgan fingerprint density at radius 3 is 2.38 bits per heavy atom. The van der Waals surface area contributed by atoms with Gasteiger partial charge in [-0.25, -0.2) is 14.4 Å². The third-order valence-corrected chi connectivity index (χ3v) is 7.86. The molecule has 1 saturated heterocycles. The summed E-state index contributed by atoms with van der Waals surface area (Å²) in [7, 11) is -1.76. The quantitative estimate of drug-likeness (QED) is 0.530. The smallest absolute Gasteiger partial charge is 0.382 e. The van der Waals surface area contributed by atoms with E-state index in [0.717, 1.165) is 17.6 Å². The molecule has 2 N–H and O–H groups in total. The van der Waals surface area contributed by atoms with E-state index in [9.17, 15) is 21.8 Å². The minimum absolute atomic E-state index is 0.160. The van der Waals surface area contributed by atoms with Crippen molar-refractivity contribution < 1.29 is 21.8 Å². The van der Waals surface area contributed by atoms with Crippen LogP contribution in [-0.4, -0.2) is 35.9 Å². The second-order valence-electron chi connectivity index (χ2n) is 7.18. The van der Waals surface area contributed by atoms with Crippen molar-refractivity contribution in [3.8, 4) is 22.4 Å². The summed E-state index contributed by atoms with van der Waals surface area (Å²) < 4.78 is 68.0. The van der Waals surface area contributed by atoms with Crippen molar-refractivity contribution in [3.05, 3.63) is 54.2 Å². The second kappa shape index (κ2) is 9.14. The minimum atomic E-state index is -4.68. The molecule has 2 aromatic heterocycles. The number of pyridine rings is 1. The largest absolute Gasteiger partial charge is 0.433 e. The van der Waals surface area contributed by atoms with Crippen LogP contribution in [-0.2, 0) is 17.0 Å². The number of nitrogens with zero attached hydrogens (tertiary/aromatic N) is 3. The molecule has 168 valence electrons. The van der Waals surface area contributed by atoms with E-state index in [2.05, 4.69) is 15.0 Å². The molecule has 32 heavy (non-hydrogen) atoms. The molecule has 3 aromatic rings. The molecule has 0 amide bonds. The lowest BCUT2D eigenvalue weighted by Crippen LogP contribution is -2.23. The van der Waals surface area contributed by atoms with Crippen LogP contribution in [0.5, 0.6) is 0 Å². The molecule has 5 nitrogen and oxygen atoms in total. The van der Waals surface area contributed by atoms with Gasteiger partial charge in [-0.05, 0) is 54.2 Å². The van der Waals surface area contributed by atoms with Crippen LogP contribution in [0.1, 0.15) is 18.5 Å². The Balaban J connectivity index is 1.77. The molecule has 11 heteroatoms. The van der Waals surface area contributed by atoms with Crippen LogP contribution in [0.15, 0.2) is 47.8 Å². The number of halogens is 4. The summed E-state index contributed by atoms with van der Waals surface area (Å²) in [5, 5.41) is -0.462. The Bertz CT molecular complexity index is 1150. The molecule has 1 fully saturated rings. The molecule has 3 heterocycles. The third-order valence-electron chi connectivity index (χ3n) is 5.04. The Morgan fingerprint density at radius 1 is 1.03 bits per heavy atom. The number of benzene rings is 1. The molecular formula is C21H18F4N4OS2. The van der Waals surface area contributed by atoms with Crippen molar-refractivity contribution in [3.63, 3.8) is 0 Å². The summed E-state index contributed by atoms with van der Waals surface area (Å²) in [5.74, 6) is 1.12. The van der Waals surface area contributed by atoms with Gasteiger partial charge >= 0.3 is 6.18 Å². The molecule has 1 aliphatic rings. The van der Waals surface area contributed by atoms with Crippen molar-refractivity contribution in [1.29, 1.82) is 0 Å². The maximum absolute atomic E-state index is 14.9. The van der Waals surface area contributed by atoms with Gasteiger partial charge < -0.3 is 5.73 Å². The lowest BCUT2D eigenvalue weighted by atomic mass is 10.0. The summed E-state index contributed by atoms with van der Waals surface area (Å²) in [5.41, 5.74) is 5.30. The maximum atomic E-state index is 14.9. The zero-order valence-electron chi connectivity index (χ0n) is 16.6. The van der Waals surface area contributed by atoms with Gasteiger partial charge in [-0.15, -0.1) is 0 Å². The zero-order valence-corrected chi connectivity index (χ0v) is 18.2. The molecule has 4 rings (SSSR count). The number of nitrogen functional groups attached to an aromatic ring is 1. The molecule has 1 aliphatic heterocycles. The number of thioether (sulfide) groups is 1. The highest BCUT2D eigenvalue weighted by atomic mass is 32.2. The third kappa shape index (κ3) is 4.78. The summed E-state index contributed by atoms with van der Waals surface area (Å²) in [4.78, 5) is 11.7. The van der Waals surface area contributed by atoms with E-state index in [0.29, 0.717) is 12.8 Å². The van der Waals surface area contributed by atoms with Crippen LogP contribution in [0.3, 0.4) is 0 Å². The molecular weight excluding hydrogens is 464 g/mol. The molecule has 1 atom stereocenters. The number of nitrogens with two attached hydrogens (primary N) is 1. The van der Waals surface area contributed by atoms with E-state index in [1.54, 1.807) is 11.8 Å². The summed E-state index contributed by atoms with van der Waals surface area (Å²) >= 11 is 1.72. The van der Waals surface area contributed by atoms with Gasteiger partial charge in [-0.1, -0.05) is 6.07 Å². The number of anilines is 1. The van der Waals surface area contributed by atoms with Crippen LogP contribution in [0, 0.1) is 5.82 Å². The van der Waals surface area contributed by atoms with Crippen molar-refractivity contribution in [2.45, 2.75) is 29.3 Å². The fraction of sp³-hybridized carbons (Fsp3) is 0.286. The highest BCUT2D eigenvalue weighted by molar-refractivity contribution is 7.99. The van der Waals surface area contributed by atoms with Crippen molar-refractivity contribution in [2.75, 3.05) is 17.2 Å². The Labute approximate surface area is 188 Å². The number of alkyl halides is 3. The van der Waals surface area contributed by atoms with Crippen LogP contribution in [0.4, 0.5) is 23.4 Å². The predicted octanol–water partition coefficient (Wildman–Crippen LogP) is 4.95. The maximum Gasteiger partial charge on any atom is 0.433 e. The highest BCUT2D eigenvalue weighted by Crippen LogP contribution is 2.36. The van der Waals surface area contributed by atoms with Gasteiger partial charge in [0.25, 0.3) is 0 Å². The lowest BCUT2D eigenvalue weighted by molar-refractivity contribution is -0.141. The predicted molar refractivity (Wildman–Crippen MR) is 117 cm³/mol. The van der Waals surface area contributed by atoms with Crippen molar-refractivity contribution in [2.24, 2.45) is 0 Å². The zero-order chi connectivity index (χ0) is 22.9. The van der Waals surface area contributed by atoms with Gasteiger partial charge in [0.1, 0.15) is 22.4 Å². The fourth-order valence-corrected chi connectivity index (χ4v) is 6.36. The van der Waals surface area contributed by atoms with Gasteiger partial charge in [0, 0.05) is 16.4 Å². The van der Waals surface area contributed by atoms with Crippen molar-refractivity contribution >= 4 is 28.4 Å². The lowest BCUT2D eigenvalue weighted by Gasteiger charge is -2.22. The first-order valence-electron chi connectivity index (χ1n) is 9.68. The van der Waals surface area contributed by atoms with Crippen LogP contribution in [0.25, 0.3) is 22.4 Å². The first kappa shape index (κ1) is 22.7. The van der Waals surface area contributed by atoms with Crippen LogP contribution in [0.2, 0.25) is 0 Å². The number of hydrogen-bond acceptors (Lipinski definition) is 6. The van der Waals surface area contributed by atoms with E-state index in [1.165, 1.54) is 36.7 Å². The molecule has 0 radical (unpaired) electrons. The second-order valence-corrected chi connectivity index (χ2v) is 10.1. The van der Waals surface area contributed by atoms with E-state index in [4.69, 9.17) is 5.73 Å². The van der Waals surface area contributed by atoms with E-state index < -0.39 is 28.5 Å². The van der Waals surface area contributed by atoms with Crippen molar-refractivity contribution in [1.82, 2.24) is 15.0 Å². The van der Waals surface area contributed by atoms with Gasteiger partial charge in [0.15, 0.2) is 0 Å². The molecule has 0 aliphatic carbocycles. The number of aromatic nitrogens is 3. The van der Waals surface area contributed by atoms with Gasteiger partial charge in [-0.3, -0.25) is 9.19 Å². The highest BCUT2D eigenvalue weighted by Gasteiger charge is 2.35. The Hall–Kier alpha value is -2.53.